The van der Waals surface area contributed by atoms with Gasteiger partial charge in [-0.25, -0.2) is 8.42 Å². The normalized spacial score (nSPS) is 12.2. The van der Waals surface area contributed by atoms with Gasteiger partial charge in [-0.2, -0.15) is 0 Å². The second-order valence-electron chi connectivity index (χ2n) is 4.12. The third kappa shape index (κ3) is 7.26. The van der Waals surface area contributed by atoms with Crippen molar-refractivity contribution in [3.63, 3.8) is 0 Å². The summed E-state index contributed by atoms with van der Waals surface area (Å²) in [6, 6.07) is 5.41. The molecule has 1 N–H and O–H groups in total. The molecule has 0 radical (unpaired) electrons. The zero-order chi connectivity index (χ0) is 16.8. The van der Waals surface area contributed by atoms with Crippen LogP contribution >= 0.6 is 0 Å². The summed E-state index contributed by atoms with van der Waals surface area (Å²) in [5.41, 5.74) is 0. The van der Waals surface area contributed by atoms with Gasteiger partial charge in [-0.3, -0.25) is 4.79 Å². The number of hydrogen-bond donors (Lipinski definition) is 1. The van der Waals surface area contributed by atoms with E-state index in [9.17, 15) is 33.0 Å². The molecular formula is C13H11MgNO7S. The Kier molecular flexibility index (Phi) is 8.50. The molecule has 1 aromatic rings. The number of amides is 1. The first-order valence-corrected chi connectivity index (χ1v) is 7.46. The summed E-state index contributed by atoms with van der Waals surface area (Å²) >= 11 is 0. The minimum Gasteiger partial charge on any atom is -0.550 e. The molecule has 0 aliphatic rings. The van der Waals surface area contributed by atoms with Crippen LogP contribution in [0.5, 0.6) is 0 Å². The van der Waals surface area contributed by atoms with Crippen LogP contribution in [0.1, 0.15) is 6.42 Å². The average Bonchev–Trinajstić information content (AvgIpc) is 2.45. The SMILES string of the molecule is O=C([O-])C[C@@H](NC(=O)/C=C/S(=O)(=O)c1ccccc1)C(=O)[O-].[Mg+2]. The van der Waals surface area contributed by atoms with E-state index in [0.29, 0.717) is 11.5 Å². The van der Waals surface area contributed by atoms with Gasteiger partial charge in [0.1, 0.15) is 0 Å². The number of hydrogen-bond acceptors (Lipinski definition) is 7. The van der Waals surface area contributed by atoms with Crippen molar-refractivity contribution in [3.05, 3.63) is 41.8 Å². The fraction of sp³-hybridized carbons (Fsp3) is 0.154. The van der Waals surface area contributed by atoms with Gasteiger partial charge in [-0.15, -0.1) is 0 Å². The van der Waals surface area contributed by atoms with Gasteiger partial charge in [0.2, 0.25) is 5.91 Å². The van der Waals surface area contributed by atoms with Crippen molar-refractivity contribution < 1.29 is 33.0 Å². The Morgan fingerprint density at radius 1 is 1.13 bits per heavy atom. The number of sulfone groups is 1. The van der Waals surface area contributed by atoms with Crippen molar-refractivity contribution in [1.29, 1.82) is 0 Å². The van der Waals surface area contributed by atoms with Crippen LogP contribution in [-0.4, -0.2) is 55.4 Å². The van der Waals surface area contributed by atoms with E-state index in [1.165, 1.54) is 24.3 Å². The smallest absolute Gasteiger partial charge is 0.550 e. The van der Waals surface area contributed by atoms with Crippen LogP contribution in [-0.2, 0) is 24.2 Å². The molecule has 8 nitrogen and oxygen atoms in total. The van der Waals surface area contributed by atoms with Crippen LogP contribution in [0, 0.1) is 0 Å². The summed E-state index contributed by atoms with van der Waals surface area (Å²) in [7, 11) is -3.87. The molecule has 10 heteroatoms. The monoisotopic (exact) mass is 349 g/mol. The zero-order valence-electron chi connectivity index (χ0n) is 11.8. The van der Waals surface area contributed by atoms with Gasteiger partial charge >= 0.3 is 23.1 Å². The number of rotatable bonds is 7. The fourth-order valence-electron chi connectivity index (χ4n) is 1.42. The number of carboxylic acids is 2. The van der Waals surface area contributed by atoms with Gasteiger partial charge in [0.25, 0.3) is 0 Å². The summed E-state index contributed by atoms with van der Waals surface area (Å²) in [5, 5.41) is 23.3. The second kappa shape index (κ2) is 9.28. The molecule has 0 aliphatic carbocycles. The van der Waals surface area contributed by atoms with Crippen LogP contribution in [0.15, 0.2) is 46.7 Å². The van der Waals surface area contributed by atoms with Crippen LogP contribution < -0.4 is 15.5 Å². The van der Waals surface area contributed by atoms with Crippen molar-refractivity contribution in [3.8, 4) is 0 Å². The van der Waals surface area contributed by atoms with E-state index in [-0.39, 0.29) is 27.9 Å². The van der Waals surface area contributed by atoms with Gasteiger partial charge < -0.3 is 25.1 Å². The van der Waals surface area contributed by atoms with Crippen LogP contribution in [0.4, 0.5) is 0 Å². The van der Waals surface area contributed by atoms with E-state index >= 15 is 0 Å². The van der Waals surface area contributed by atoms with Gasteiger partial charge in [-0.1, -0.05) is 18.2 Å². The minimum absolute atomic E-state index is 0. The average molecular weight is 350 g/mol. The van der Waals surface area contributed by atoms with Gasteiger partial charge in [0, 0.05) is 23.9 Å². The molecule has 23 heavy (non-hydrogen) atoms. The van der Waals surface area contributed by atoms with Gasteiger partial charge in [0.15, 0.2) is 9.84 Å². The van der Waals surface area contributed by atoms with Crippen molar-refractivity contribution in [2.75, 3.05) is 0 Å². The Morgan fingerprint density at radius 3 is 2.17 bits per heavy atom. The third-order valence-electron chi connectivity index (χ3n) is 2.44. The van der Waals surface area contributed by atoms with Crippen molar-refractivity contribution >= 4 is 50.7 Å². The van der Waals surface area contributed by atoms with Crippen LogP contribution in [0.25, 0.3) is 0 Å². The van der Waals surface area contributed by atoms with E-state index in [2.05, 4.69) is 0 Å². The second-order valence-corrected chi connectivity index (χ2v) is 5.95. The molecule has 118 valence electrons. The number of nitrogens with one attached hydrogen (secondary N) is 1. The summed E-state index contributed by atoms with van der Waals surface area (Å²) in [4.78, 5) is 32.4. The maximum atomic E-state index is 11.8. The predicted molar refractivity (Wildman–Crippen MR) is 75.1 cm³/mol. The Hall–Kier alpha value is -1.91. The van der Waals surface area contributed by atoms with E-state index < -0.39 is 40.1 Å². The van der Waals surface area contributed by atoms with Crippen molar-refractivity contribution in [2.45, 2.75) is 17.4 Å². The quantitative estimate of drug-likeness (QED) is 0.407. The predicted octanol–water partition coefficient (Wildman–Crippen LogP) is -3.03. The fourth-order valence-corrected chi connectivity index (χ4v) is 2.42. The zero-order valence-corrected chi connectivity index (χ0v) is 14.0. The number of carbonyl (C=O) groups excluding carboxylic acids is 3. The molecule has 1 aromatic carbocycles. The Labute approximate surface area is 148 Å². The molecule has 0 fully saturated rings. The summed E-state index contributed by atoms with van der Waals surface area (Å²) in [5.74, 6) is -4.61. The number of carbonyl (C=O) groups is 3. The summed E-state index contributed by atoms with van der Waals surface area (Å²) in [6.07, 6.45) is -0.402. The summed E-state index contributed by atoms with van der Waals surface area (Å²) in [6.45, 7) is 0. The van der Waals surface area contributed by atoms with E-state index in [0.717, 1.165) is 0 Å². The molecular weight excluding hydrogens is 339 g/mol. The first-order chi connectivity index (χ1) is 10.2. The number of carboxylic acid groups (broad SMARTS) is 2. The molecule has 1 rings (SSSR count). The van der Waals surface area contributed by atoms with E-state index in [4.69, 9.17) is 0 Å². The molecule has 0 bridgehead atoms. The number of aliphatic carboxylic acids is 2. The molecule has 0 spiro atoms. The minimum atomic E-state index is -3.87. The molecule has 0 unspecified atom stereocenters. The van der Waals surface area contributed by atoms with Gasteiger partial charge in [-0.05, 0) is 12.1 Å². The first-order valence-electron chi connectivity index (χ1n) is 5.92. The Morgan fingerprint density at radius 2 is 1.70 bits per heavy atom. The maximum absolute atomic E-state index is 11.8. The summed E-state index contributed by atoms with van der Waals surface area (Å²) < 4.78 is 23.7. The molecule has 1 amide bonds. The molecule has 0 heterocycles. The van der Waals surface area contributed by atoms with Crippen LogP contribution in [0.3, 0.4) is 0 Å². The van der Waals surface area contributed by atoms with Gasteiger partial charge in [0.05, 0.1) is 16.9 Å². The topological polar surface area (TPSA) is 143 Å². The number of benzene rings is 1. The maximum Gasteiger partial charge on any atom is 2.00 e. The molecule has 0 saturated carbocycles. The molecule has 1 atom stereocenters. The molecule has 0 aliphatic heterocycles. The Bertz CT molecular complexity index is 700. The van der Waals surface area contributed by atoms with Crippen molar-refractivity contribution in [1.82, 2.24) is 5.32 Å². The van der Waals surface area contributed by atoms with E-state index in [1.54, 1.807) is 11.4 Å². The largest absolute Gasteiger partial charge is 2.00 e. The Balaban J connectivity index is 0.00000484. The van der Waals surface area contributed by atoms with Crippen molar-refractivity contribution in [2.24, 2.45) is 0 Å². The molecule has 0 aromatic heterocycles. The first kappa shape index (κ1) is 21.1. The van der Waals surface area contributed by atoms with Crippen LogP contribution in [0.2, 0.25) is 0 Å². The standard InChI is InChI=1S/C13H13NO7S.Mg/c15-11(14-10(13(18)19)8-12(16)17)6-7-22(20,21)9-4-2-1-3-5-9;/h1-7,10H,8H2,(H,14,15)(H,16,17)(H,18,19);/q;+2/p-2/b7-6+;/t10-;/m1./s1. The third-order valence-corrected chi connectivity index (χ3v) is 3.87. The van der Waals surface area contributed by atoms with E-state index in [1.807, 2.05) is 0 Å². The molecule has 0 saturated heterocycles.